The molecule has 4 rings (SSSR count). The average Bonchev–Trinajstić information content (AvgIpc) is 3.21. The maximum absolute atomic E-state index is 12.8. The first-order chi connectivity index (χ1) is 14.0. The molecular formula is C21H22N2O5S. The molecule has 7 nitrogen and oxygen atoms in total. The Kier molecular flexibility index (Phi) is 5.55. The van der Waals surface area contributed by atoms with E-state index in [2.05, 4.69) is 5.32 Å². The molecule has 152 valence electrons. The fourth-order valence-electron chi connectivity index (χ4n) is 3.36. The van der Waals surface area contributed by atoms with E-state index in [0.29, 0.717) is 30.3 Å². The zero-order chi connectivity index (χ0) is 20.3. The smallest absolute Gasteiger partial charge is 0.248 e. The average molecular weight is 414 g/mol. The van der Waals surface area contributed by atoms with Crippen molar-refractivity contribution in [3.05, 3.63) is 54.1 Å². The monoisotopic (exact) mass is 414 g/mol. The molecule has 0 aliphatic carbocycles. The number of sulfonamides is 1. The van der Waals surface area contributed by atoms with Crippen molar-refractivity contribution in [3.63, 3.8) is 0 Å². The van der Waals surface area contributed by atoms with E-state index < -0.39 is 10.0 Å². The number of hydrogen-bond acceptors (Lipinski definition) is 5. The van der Waals surface area contributed by atoms with Crippen molar-refractivity contribution in [1.29, 1.82) is 0 Å². The fraction of sp³-hybridized carbons (Fsp3) is 0.286. The van der Waals surface area contributed by atoms with E-state index in [0.717, 1.165) is 24.8 Å². The van der Waals surface area contributed by atoms with E-state index in [-0.39, 0.29) is 17.6 Å². The molecule has 1 fully saturated rings. The van der Waals surface area contributed by atoms with E-state index in [1.807, 2.05) is 6.07 Å². The molecule has 2 aliphatic heterocycles. The normalized spacial score (nSPS) is 16.8. The molecule has 29 heavy (non-hydrogen) atoms. The van der Waals surface area contributed by atoms with Crippen LogP contribution in [0.2, 0.25) is 0 Å². The molecule has 0 saturated carbocycles. The van der Waals surface area contributed by atoms with Crippen LogP contribution in [0, 0.1) is 0 Å². The van der Waals surface area contributed by atoms with Crippen LogP contribution < -0.4 is 14.8 Å². The molecule has 0 spiro atoms. The summed E-state index contributed by atoms with van der Waals surface area (Å²) in [5.41, 5.74) is 1.23. The summed E-state index contributed by atoms with van der Waals surface area (Å²) < 4.78 is 37.7. The molecule has 2 aliphatic rings. The number of piperidine rings is 1. The van der Waals surface area contributed by atoms with Crippen LogP contribution in [0.15, 0.2) is 53.4 Å². The van der Waals surface area contributed by atoms with Gasteiger partial charge in [0.05, 0.1) is 4.90 Å². The lowest BCUT2D eigenvalue weighted by atomic mass is 10.2. The maximum Gasteiger partial charge on any atom is 0.248 e. The number of anilines is 1. The highest BCUT2D eigenvalue weighted by atomic mass is 32.2. The third kappa shape index (κ3) is 4.44. The molecule has 2 heterocycles. The van der Waals surface area contributed by atoms with Crippen LogP contribution in [0.3, 0.4) is 0 Å². The summed E-state index contributed by atoms with van der Waals surface area (Å²) in [6, 6.07) is 11.8. The molecule has 0 atom stereocenters. The number of fused-ring (bicyclic) bond motifs is 1. The minimum atomic E-state index is -3.54. The topological polar surface area (TPSA) is 84.9 Å². The molecule has 0 bridgehead atoms. The number of carbonyl (C=O) groups excluding carboxylic acids is 1. The third-order valence-corrected chi connectivity index (χ3v) is 6.77. The van der Waals surface area contributed by atoms with E-state index in [9.17, 15) is 13.2 Å². The van der Waals surface area contributed by atoms with E-state index in [1.165, 1.54) is 16.4 Å². The van der Waals surface area contributed by atoms with Crippen molar-refractivity contribution in [2.45, 2.75) is 24.2 Å². The Labute approximate surface area is 170 Å². The first-order valence-corrected chi connectivity index (χ1v) is 11.0. The summed E-state index contributed by atoms with van der Waals surface area (Å²) in [5.74, 6) is 0.969. The van der Waals surface area contributed by atoms with Gasteiger partial charge in [0, 0.05) is 24.9 Å². The number of rotatable bonds is 5. The van der Waals surface area contributed by atoms with Crippen LogP contribution >= 0.6 is 0 Å². The first-order valence-electron chi connectivity index (χ1n) is 9.51. The Morgan fingerprint density at radius 2 is 1.79 bits per heavy atom. The van der Waals surface area contributed by atoms with Crippen LogP contribution in [0.5, 0.6) is 11.5 Å². The molecule has 0 aromatic heterocycles. The van der Waals surface area contributed by atoms with Gasteiger partial charge in [-0.2, -0.15) is 4.31 Å². The maximum atomic E-state index is 12.8. The lowest BCUT2D eigenvalue weighted by Crippen LogP contribution is -2.35. The Balaban J connectivity index is 1.44. The number of hydrogen-bond donors (Lipinski definition) is 1. The second-order valence-corrected chi connectivity index (χ2v) is 8.87. The first kappa shape index (κ1) is 19.5. The van der Waals surface area contributed by atoms with Gasteiger partial charge in [0.25, 0.3) is 0 Å². The second kappa shape index (κ2) is 8.26. The van der Waals surface area contributed by atoms with E-state index >= 15 is 0 Å². The number of ether oxygens (including phenoxy) is 2. The second-order valence-electron chi connectivity index (χ2n) is 6.93. The largest absolute Gasteiger partial charge is 0.454 e. The minimum absolute atomic E-state index is 0.192. The number of nitrogens with zero attached hydrogens (tertiary/aromatic N) is 1. The van der Waals surface area contributed by atoms with Crippen LogP contribution in [0.1, 0.15) is 24.8 Å². The highest BCUT2D eigenvalue weighted by Gasteiger charge is 2.26. The lowest BCUT2D eigenvalue weighted by molar-refractivity contribution is -0.111. The van der Waals surface area contributed by atoms with Gasteiger partial charge in [-0.1, -0.05) is 18.6 Å². The van der Waals surface area contributed by atoms with Crippen molar-refractivity contribution >= 4 is 27.7 Å². The van der Waals surface area contributed by atoms with E-state index in [4.69, 9.17) is 9.47 Å². The fourth-order valence-corrected chi connectivity index (χ4v) is 4.92. The quantitative estimate of drug-likeness (QED) is 0.760. The molecule has 1 amide bonds. The summed E-state index contributed by atoms with van der Waals surface area (Å²) in [6.07, 6.45) is 5.85. The van der Waals surface area contributed by atoms with Crippen LogP contribution in [0.25, 0.3) is 6.08 Å². The predicted molar refractivity (Wildman–Crippen MR) is 109 cm³/mol. The van der Waals surface area contributed by atoms with Gasteiger partial charge < -0.3 is 14.8 Å². The lowest BCUT2D eigenvalue weighted by Gasteiger charge is -2.26. The van der Waals surface area contributed by atoms with Gasteiger partial charge in [0.15, 0.2) is 11.5 Å². The van der Waals surface area contributed by atoms with Crippen molar-refractivity contribution in [1.82, 2.24) is 4.31 Å². The van der Waals surface area contributed by atoms with Gasteiger partial charge in [-0.3, -0.25) is 4.79 Å². The summed E-state index contributed by atoms with van der Waals surface area (Å²) in [6.45, 7) is 1.27. The van der Waals surface area contributed by atoms with E-state index in [1.54, 1.807) is 36.4 Å². The Morgan fingerprint density at radius 1 is 1.00 bits per heavy atom. The molecule has 8 heteroatoms. The molecule has 2 aromatic rings. The number of nitrogens with one attached hydrogen (secondary N) is 1. The molecule has 2 aromatic carbocycles. The van der Waals surface area contributed by atoms with Crippen LogP contribution in [-0.4, -0.2) is 38.5 Å². The van der Waals surface area contributed by atoms with Crippen molar-refractivity contribution in [2.24, 2.45) is 0 Å². The SMILES string of the molecule is O=C(/C=C\c1ccc2c(c1)OCO2)Nc1cccc(S(=O)(=O)N2CCCCC2)c1. The Morgan fingerprint density at radius 3 is 2.62 bits per heavy atom. The molecule has 1 saturated heterocycles. The third-order valence-electron chi connectivity index (χ3n) is 4.88. The summed E-state index contributed by atoms with van der Waals surface area (Å²) in [4.78, 5) is 12.5. The van der Waals surface area contributed by atoms with Gasteiger partial charge in [-0.15, -0.1) is 0 Å². The van der Waals surface area contributed by atoms with Gasteiger partial charge >= 0.3 is 0 Å². The minimum Gasteiger partial charge on any atom is -0.454 e. The van der Waals surface area contributed by atoms with Crippen LogP contribution in [-0.2, 0) is 14.8 Å². The molecule has 0 unspecified atom stereocenters. The summed E-state index contributed by atoms with van der Waals surface area (Å²) in [5, 5.41) is 2.72. The number of amides is 1. The predicted octanol–water partition coefficient (Wildman–Crippen LogP) is 3.24. The number of carbonyl (C=O) groups is 1. The van der Waals surface area contributed by atoms with Crippen molar-refractivity contribution < 1.29 is 22.7 Å². The molecule has 0 radical (unpaired) electrons. The van der Waals surface area contributed by atoms with Crippen molar-refractivity contribution in [3.8, 4) is 11.5 Å². The zero-order valence-electron chi connectivity index (χ0n) is 15.8. The summed E-state index contributed by atoms with van der Waals surface area (Å²) >= 11 is 0. The van der Waals surface area contributed by atoms with Gasteiger partial charge in [0.2, 0.25) is 22.7 Å². The van der Waals surface area contributed by atoms with Crippen LogP contribution in [0.4, 0.5) is 5.69 Å². The van der Waals surface area contributed by atoms with Gasteiger partial charge in [-0.05, 0) is 54.8 Å². The summed E-state index contributed by atoms with van der Waals surface area (Å²) in [7, 11) is -3.54. The highest BCUT2D eigenvalue weighted by Crippen LogP contribution is 2.32. The van der Waals surface area contributed by atoms with Gasteiger partial charge in [0.1, 0.15) is 0 Å². The Bertz CT molecular complexity index is 1040. The number of benzene rings is 2. The standard InChI is InChI=1S/C21H22N2O5S/c24-21(10-8-16-7-9-19-20(13-16)28-15-27-19)22-17-5-4-6-18(14-17)29(25,26)23-11-2-1-3-12-23/h4-10,13-14H,1-3,11-12,15H2,(H,22,24)/b10-8-. The van der Waals surface area contributed by atoms with Gasteiger partial charge in [-0.25, -0.2) is 8.42 Å². The zero-order valence-corrected chi connectivity index (χ0v) is 16.7. The molecule has 1 N–H and O–H groups in total. The van der Waals surface area contributed by atoms with Crippen molar-refractivity contribution in [2.75, 3.05) is 25.2 Å². The Hall–Kier alpha value is -2.84. The highest BCUT2D eigenvalue weighted by molar-refractivity contribution is 7.89. The molecular weight excluding hydrogens is 392 g/mol.